The summed E-state index contributed by atoms with van der Waals surface area (Å²) in [7, 11) is 0. The molecule has 0 atom stereocenters. The molecule has 0 amide bonds. The van der Waals surface area contributed by atoms with Gasteiger partial charge < -0.3 is 23.3 Å². The van der Waals surface area contributed by atoms with Crippen molar-refractivity contribution in [2.24, 2.45) is 0 Å². The fourth-order valence-corrected chi connectivity index (χ4v) is 1.85. The first kappa shape index (κ1) is 28.3. The Morgan fingerprint density at radius 1 is 0.960 bits per heavy atom. The second-order valence-corrected chi connectivity index (χ2v) is 5.39. The van der Waals surface area contributed by atoms with E-state index in [1.54, 1.807) is 0 Å². The number of nitrogens with two attached hydrogens (primary N) is 2. The van der Waals surface area contributed by atoms with Crippen molar-refractivity contribution in [3.05, 3.63) is 68.4 Å². The van der Waals surface area contributed by atoms with Gasteiger partial charge in [-0.1, -0.05) is 30.6 Å². The van der Waals surface area contributed by atoms with Gasteiger partial charge in [0, 0.05) is 15.8 Å². The topological polar surface area (TPSA) is 80.2 Å². The van der Waals surface area contributed by atoms with Gasteiger partial charge in [-0.15, -0.1) is 0 Å². The zero-order chi connectivity index (χ0) is 18.2. The third-order valence-electron chi connectivity index (χ3n) is 2.23. The summed E-state index contributed by atoms with van der Waals surface area (Å²) in [6, 6.07) is 4.84. The van der Waals surface area contributed by atoms with E-state index in [9.17, 15) is 8.78 Å². The van der Waals surface area contributed by atoms with Gasteiger partial charge in [-0.2, -0.15) is 0 Å². The number of rotatable bonds is 0. The molecule has 2 aromatic rings. The molecule has 0 aromatic heterocycles. The van der Waals surface area contributed by atoms with Crippen LogP contribution in [0.4, 0.5) is 25.8 Å². The van der Waals surface area contributed by atoms with E-state index in [1.165, 1.54) is 18.2 Å². The predicted molar refractivity (Wildman–Crippen MR) is 97.3 cm³/mol. The molecule has 10 heteroatoms. The molecule has 138 valence electrons. The van der Waals surface area contributed by atoms with Crippen molar-refractivity contribution < 1.29 is 25.8 Å². The molecule has 0 spiro atoms. The summed E-state index contributed by atoms with van der Waals surface area (Å²) in [4.78, 5) is 3.00. The van der Waals surface area contributed by atoms with E-state index in [0.717, 1.165) is 6.07 Å². The number of benzene rings is 2. The largest absolute Gasteiger partial charge is 1.00 e. The molecule has 4 nitrogen and oxygen atoms in total. The molecular formula is C15H12BrCl2CuF2N4. The Morgan fingerprint density at radius 3 is 1.76 bits per heavy atom. The third kappa shape index (κ3) is 8.92. The average Bonchev–Trinajstić information content (AvgIpc) is 2.52. The van der Waals surface area contributed by atoms with Gasteiger partial charge in [-0.05, 0) is 40.2 Å². The Bertz CT molecular complexity index is 717. The average molecular weight is 501 g/mol. The zero-order valence-corrected chi connectivity index (χ0v) is 15.6. The Balaban J connectivity index is -0.000000329. The number of anilines is 2. The first-order valence-electron chi connectivity index (χ1n) is 5.50. The van der Waals surface area contributed by atoms with Crippen molar-refractivity contribution in [2.45, 2.75) is 7.43 Å². The summed E-state index contributed by atoms with van der Waals surface area (Å²) < 4.78 is 25.7. The molecular weight excluding hydrogens is 489 g/mol. The monoisotopic (exact) mass is 498 g/mol. The van der Waals surface area contributed by atoms with Crippen LogP contribution in [0.2, 0.25) is 10.0 Å². The summed E-state index contributed by atoms with van der Waals surface area (Å²) in [5.41, 5.74) is 11.5. The molecule has 0 aliphatic rings. The molecule has 0 heterocycles. The van der Waals surface area contributed by atoms with Crippen LogP contribution in [-0.4, -0.2) is 0 Å². The summed E-state index contributed by atoms with van der Waals surface area (Å²) >= 11 is 13.9. The van der Waals surface area contributed by atoms with Gasteiger partial charge in [0.2, 0.25) is 5.69 Å². The van der Waals surface area contributed by atoms with Gasteiger partial charge >= 0.3 is 17.1 Å². The number of hydrogen-bond acceptors (Lipinski definition) is 3. The second kappa shape index (κ2) is 13.7. The smallest absolute Gasteiger partial charge is 0.512 e. The van der Waals surface area contributed by atoms with Crippen molar-refractivity contribution in [1.82, 2.24) is 0 Å². The Kier molecular flexibility index (Phi) is 15.5. The molecule has 0 unspecified atom stereocenters. The SMILES string of the molecule is C.Nc1cc(Cl)c(F)cc1Br.[C-]#N.[C-]#[N+]c1cc(F)c(Cl)cc1N.[Cu+]. The van der Waals surface area contributed by atoms with Gasteiger partial charge in [-0.3, -0.25) is 0 Å². The Morgan fingerprint density at radius 2 is 1.36 bits per heavy atom. The maximum absolute atomic E-state index is 12.6. The third-order valence-corrected chi connectivity index (χ3v) is 3.50. The van der Waals surface area contributed by atoms with Crippen LogP contribution in [0, 0.1) is 30.0 Å². The molecule has 0 saturated carbocycles. The minimum atomic E-state index is -0.619. The van der Waals surface area contributed by atoms with E-state index >= 15 is 0 Å². The molecule has 0 saturated heterocycles. The van der Waals surface area contributed by atoms with Gasteiger partial charge in [0.15, 0.2) is 0 Å². The molecule has 2 aromatic carbocycles. The molecule has 0 aliphatic carbocycles. The van der Waals surface area contributed by atoms with Crippen molar-refractivity contribution in [3.63, 3.8) is 0 Å². The molecule has 0 aliphatic heterocycles. The van der Waals surface area contributed by atoms with Crippen LogP contribution in [-0.2, 0) is 17.1 Å². The predicted octanol–water partition coefficient (Wildman–Crippen LogP) is 6.17. The van der Waals surface area contributed by atoms with E-state index in [-0.39, 0.29) is 45.9 Å². The molecule has 0 bridgehead atoms. The molecule has 2 rings (SSSR count). The summed E-state index contributed by atoms with van der Waals surface area (Å²) in [5.74, 6) is -1.09. The van der Waals surface area contributed by atoms with Crippen LogP contribution in [0.15, 0.2) is 28.7 Å². The normalized spacial score (nSPS) is 8.08. The Hall–Kier alpha value is -1.54. The Labute approximate surface area is 174 Å². The van der Waals surface area contributed by atoms with Crippen molar-refractivity contribution >= 4 is 56.2 Å². The van der Waals surface area contributed by atoms with E-state index in [4.69, 9.17) is 53.1 Å². The van der Waals surface area contributed by atoms with Crippen LogP contribution < -0.4 is 11.5 Å². The van der Waals surface area contributed by atoms with Gasteiger partial charge in [-0.25, -0.2) is 13.6 Å². The van der Waals surface area contributed by atoms with Crippen LogP contribution in [0.5, 0.6) is 0 Å². The van der Waals surface area contributed by atoms with Crippen molar-refractivity contribution in [1.29, 1.82) is 5.26 Å². The van der Waals surface area contributed by atoms with Crippen molar-refractivity contribution in [3.8, 4) is 0 Å². The fraction of sp³-hybridized carbons (Fsp3) is 0.0667. The van der Waals surface area contributed by atoms with Crippen LogP contribution in [0.1, 0.15) is 7.43 Å². The minimum absolute atomic E-state index is 0. The van der Waals surface area contributed by atoms with E-state index in [1.807, 2.05) is 0 Å². The van der Waals surface area contributed by atoms with Crippen LogP contribution in [0.3, 0.4) is 0 Å². The van der Waals surface area contributed by atoms with E-state index in [0.29, 0.717) is 10.2 Å². The first-order valence-corrected chi connectivity index (χ1v) is 7.05. The maximum Gasteiger partial charge on any atom is 1.00 e. The van der Waals surface area contributed by atoms with E-state index in [2.05, 4.69) is 20.8 Å². The summed E-state index contributed by atoms with van der Waals surface area (Å²) in [5, 5.41) is 6.23. The quantitative estimate of drug-likeness (QED) is 0.197. The minimum Gasteiger partial charge on any atom is -0.512 e. The fourth-order valence-electron chi connectivity index (χ4n) is 1.19. The molecule has 0 fully saturated rings. The van der Waals surface area contributed by atoms with Crippen LogP contribution >= 0.6 is 39.1 Å². The summed E-state index contributed by atoms with van der Waals surface area (Å²) in [6.45, 7) is 11.3. The summed E-state index contributed by atoms with van der Waals surface area (Å²) in [6.07, 6.45) is 0. The zero-order valence-electron chi connectivity index (χ0n) is 11.5. The first-order chi connectivity index (χ1) is 10.8. The molecule has 4 N–H and O–H groups in total. The van der Waals surface area contributed by atoms with Gasteiger partial charge in [0.25, 0.3) is 0 Å². The van der Waals surface area contributed by atoms with Gasteiger partial charge in [0.1, 0.15) is 11.6 Å². The number of nitrogen functional groups attached to an aromatic ring is 2. The number of halogens is 5. The number of hydrogen-bond donors (Lipinski definition) is 2. The van der Waals surface area contributed by atoms with Gasteiger partial charge in [0.05, 0.1) is 16.6 Å². The standard InChI is InChI=1S/C7H4ClFN2.C6H4BrClFN.CN.CH4.Cu/c1-11-7-3-5(9)4(8)2-6(7)10;7-3-1-5(9)4(8)2-6(3)10;1-2;;/h2-3H,10H2;1-2H,10H2;;1H4;/q;;-1;;+1. The molecule has 25 heavy (non-hydrogen) atoms. The number of nitrogens with zero attached hydrogens (tertiary/aromatic N) is 2. The second-order valence-electron chi connectivity index (χ2n) is 3.72. The van der Waals surface area contributed by atoms with E-state index < -0.39 is 11.6 Å². The maximum atomic E-state index is 12.6. The van der Waals surface area contributed by atoms with Crippen LogP contribution in [0.25, 0.3) is 4.85 Å². The van der Waals surface area contributed by atoms with Crippen molar-refractivity contribution in [2.75, 3.05) is 11.5 Å². The molecule has 0 radical (unpaired) electrons.